The molecule has 0 aromatic rings. The summed E-state index contributed by atoms with van der Waals surface area (Å²) in [5, 5.41) is 0. The SMILES string of the molecule is CCCCC=C(C)CC(CC(C)C)OC. The first-order valence-corrected chi connectivity index (χ1v) is 6.28. The van der Waals surface area contributed by atoms with E-state index in [4.69, 9.17) is 4.74 Å². The van der Waals surface area contributed by atoms with E-state index in [2.05, 4.69) is 33.8 Å². The van der Waals surface area contributed by atoms with Gasteiger partial charge in [0.15, 0.2) is 0 Å². The van der Waals surface area contributed by atoms with Crippen molar-refractivity contribution < 1.29 is 4.74 Å². The Labute approximate surface area is 95.9 Å². The summed E-state index contributed by atoms with van der Waals surface area (Å²) in [4.78, 5) is 0. The molecule has 0 saturated carbocycles. The molecule has 1 atom stereocenters. The fourth-order valence-corrected chi connectivity index (χ4v) is 1.78. The molecule has 0 rings (SSSR count). The van der Waals surface area contributed by atoms with Gasteiger partial charge in [-0.1, -0.05) is 45.3 Å². The van der Waals surface area contributed by atoms with Gasteiger partial charge >= 0.3 is 0 Å². The fraction of sp³-hybridized carbons (Fsp3) is 0.857. The Hall–Kier alpha value is -0.300. The van der Waals surface area contributed by atoms with Crippen LogP contribution >= 0.6 is 0 Å². The Bertz CT molecular complexity index is 170. The molecule has 0 bridgehead atoms. The van der Waals surface area contributed by atoms with Crippen molar-refractivity contribution in [1.82, 2.24) is 0 Å². The maximum Gasteiger partial charge on any atom is 0.0610 e. The second-order valence-electron chi connectivity index (χ2n) is 4.88. The number of ether oxygens (including phenoxy) is 1. The smallest absolute Gasteiger partial charge is 0.0610 e. The van der Waals surface area contributed by atoms with Gasteiger partial charge in [0.05, 0.1) is 6.10 Å². The van der Waals surface area contributed by atoms with Crippen LogP contribution in [0.2, 0.25) is 0 Å². The van der Waals surface area contributed by atoms with Gasteiger partial charge in [0, 0.05) is 7.11 Å². The van der Waals surface area contributed by atoms with Crippen molar-refractivity contribution in [2.24, 2.45) is 5.92 Å². The van der Waals surface area contributed by atoms with E-state index >= 15 is 0 Å². The van der Waals surface area contributed by atoms with Crippen LogP contribution in [-0.2, 0) is 4.74 Å². The Balaban J connectivity index is 3.88. The second-order valence-corrected chi connectivity index (χ2v) is 4.88. The lowest BCUT2D eigenvalue weighted by Crippen LogP contribution is -2.13. The lowest BCUT2D eigenvalue weighted by atomic mass is 9.99. The van der Waals surface area contributed by atoms with Gasteiger partial charge in [-0.25, -0.2) is 0 Å². The molecular formula is C14H28O. The number of hydrogen-bond acceptors (Lipinski definition) is 1. The van der Waals surface area contributed by atoms with Crippen molar-refractivity contribution in [2.75, 3.05) is 7.11 Å². The minimum atomic E-state index is 0.405. The average Bonchev–Trinajstić information content (AvgIpc) is 2.16. The zero-order valence-corrected chi connectivity index (χ0v) is 11.2. The third-order valence-corrected chi connectivity index (χ3v) is 2.67. The van der Waals surface area contributed by atoms with Crippen molar-refractivity contribution >= 4 is 0 Å². The Kier molecular flexibility index (Phi) is 8.79. The third kappa shape index (κ3) is 8.68. The summed E-state index contributed by atoms with van der Waals surface area (Å²) < 4.78 is 5.50. The molecule has 1 heteroatoms. The molecule has 0 N–H and O–H groups in total. The van der Waals surface area contributed by atoms with Crippen LogP contribution < -0.4 is 0 Å². The number of rotatable bonds is 8. The van der Waals surface area contributed by atoms with Crippen LogP contribution in [0.25, 0.3) is 0 Å². The molecular weight excluding hydrogens is 184 g/mol. The van der Waals surface area contributed by atoms with Crippen LogP contribution in [-0.4, -0.2) is 13.2 Å². The fourth-order valence-electron chi connectivity index (χ4n) is 1.78. The minimum Gasteiger partial charge on any atom is -0.381 e. The summed E-state index contributed by atoms with van der Waals surface area (Å²) in [6.45, 7) is 8.96. The van der Waals surface area contributed by atoms with Crippen molar-refractivity contribution in [3.05, 3.63) is 11.6 Å². The predicted molar refractivity (Wildman–Crippen MR) is 68.2 cm³/mol. The van der Waals surface area contributed by atoms with E-state index in [1.165, 1.54) is 24.8 Å². The van der Waals surface area contributed by atoms with Crippen LogP contribution in [0.5, 0.6) is 0 Å². The van der Waals surface area contributed by atoms with Crippen LogP contribution in [0.4, 0.5) is 0 Å². The van der Waals surface area contributed by atoms with E-state index in [0.29, 0.717) is 6.10 Å². The summed E-state index contributed by atoms with van der Waals surface area (Å²) in [6, 6.07) is 0. The highest BCUT2D eigenvalue weighted by molar-refractivity contribution is 4.99. The molecule has 0 fully saturated rings. The largest absolute Gasteiger partial charge is 0.381 e. The molecule has 0 aliphatic carbocycles. The first-order chi connectivity index (χ1) is 7.10. The van der Waals surface area contributed by atoms with Crippen molar-refractivity contribution in [3.8, 4) is 0 Å². The average molecular weight is 212 g/mol. The molecule has 15 heavy (non-hydrogen) atoms. The van der Waals surface area contributed by atoms with Crippen molar-refractivity contribution in [3.63, 3.8) is 0 Å². The van der Waals surface area contributed by atoms with Gasteiger partial charge in [0.1, 0.15) is 0 Å². The minimum absolute atomic E-state index is 0.405. The number of allylic oxidation sites excluding steroid dienone is 1. The van der Waals surface area contributed by atoms with E-state index in [9.17, 15) is 0 Å². The lowest BCUT2D eigenvalue weighted by Gasteiger charge is -2.17. The Morgan fingerprint density at radius 2 is 2.00 bits per heavy atom. The van der Waals surface area contributed by atoms with Crippen LogP contribution in [0, 0.1) is 5.92 Å². The van der Waals surface area contributed by atoms with Crippen LogP contribution in [0.1, 0.15) is 59.8 Å². The topological polar surface area (TPSA) is 9.23 Å². The van der Waals surface area contributed by atoms with Gasteiger partial charge in [-0.15, -0.1) is 0 Å². The summed E-state index contributed by atoms with van der Waals surface area (Å²) >= 11 is 0. The molecule has 0 spiro atoms. The highest BCUT2D eigenvalue weighted by Gasteiger charge is 2.09. The zero-order chi connectivity index (χ0) is 11.7. The molecule has 90 valence electrons. The van der Waals surface area contributed by atoms with Gasteiger partial charge in [-0.2, -0.15) is 0 Å². The maximum atomic E-state index is 5.50. The van der Waals surface area contributed by atoms with Crippen LogP contribution in [0.15, 0.2) is 11.6 Å². The van der Waals surface area contributed by atoms with Gasteiger partial charge in [0.25, 0.3) is 0 Å². The molecule has 0 saturated heterocycles. The number of unbranched alkanes of at least 4 members (excludes halogenated alkanes) is 2. The number of hydrogen-bond donors (Lipinski definition) is 0. The quantitative estimate of drug-likeness (QED) is 0.423. The molecule has 1 unspecified atom stereocenters. The molecule has 0 aliphatic rings. The van der Waals surface area contributed by atoms with E-state index in [0.717, 1.165) is 18.8 Å². The normalized spacial score (nSPS) is 14.7. The van der Waals surface area contributed by atoms with Crippen molar-refractivity contribution in [2.45, 2.75) is 65.9 Å². The predicted octanol–water partition coefficient (Wildman–Crippen LogP) is 4.57. The molecule has 0 radical (unpaired) electrons. The first-order valence-electron chi connectivity index (χ1n) is 6.28. The van der Waals surface area contributed by atoms with Crippen molar-refractivity contribution in [1.29, 1.82) is 0 Å². The highest BCUT2D eigenvalue weighted by atomic mass is 16.5. The molecule has 0 heterocycles. The molecule has 0 aliphatic heterocycles. The highest BCUT2D eigenvalue weighted by Crippen LogP contribution is 2.16. The standard InChI is InChI=1S/C14H28O/c1-6-7-8-9-13(4)11-14(15-5)10-12(2)3/h9,12,14H,6-8,10-11H2,1-5H3. The van der Waals surface area contributed by atoms with E-state index < -0.39 is 0 Å². The van der Waals surface area contributed by atoms with Crippen LogP contribution in [0.3, 0.4) is 0 Å². The monoisotopic (exact) mass is 212 g/mol. The summed E-state index contributed by atoms with van der Waals surface area (Å²) in [5.74, 6) is 0.721. The van der Waals surface area contributed by atoms with E-state index in [1.54, 1.807) is 0 Å². The Morgan fingerprint density at radius 1 is 1.33 bits per heavy atom. The molecule has 0 amide bonds. The zero-order valence-electron chi connectivity index (χ0n) is 11.2. The maximum absolute atomic E-state index is 5.50. The third-order valence-electron chi connectivity index (χ3n) is 2.67. The first kappa shape index (κ1) is 14.7. The Morgan fingerprint density at radius 3 is 2.47 bits per heavy atom. The van der Waals surface area contributed by atoms with E-state index in [-0.39, 0.29) is 0 Å². The van der Waals surface area contributed by atoms with Gasteiger partial charge in [0.2, 0.25) is 0 Å². The van der Waals surface area contributed by atoms with E-state index in [1.807, 2.05) is 7.11 Å². The summed E-state index contributed by atoms with van der Waals surface area (Å²) in [6.07, 6.45) is 8.84. The van der Waals surface area contributed by atoms with Gasteiger partial charge < -0.3 is 4.74 Å². The van der Waals surface area contributed by atoms with Gasteiger partial charge in [-0.05, 0) is 32.1 Å². The van der Waals surface area contributed by atoms with Gasteiger partial charge in [-0.3, -0.25) is 0 Å². The second kappa shape index (κ2) is 8.96. The molecule has 1 nitrogen and oxygen atoms in total. The summed E-state index contributed by atoms with van der Waals surface area (Å²) in [7, 11) is 1.83. The summed E-state index contributed by atoms with van der Waals surface area (Å²) in [5.41, 5.74) is 1.48. The number of methoxy groups -OCH3 is 1. The molecule has 0 aromatic carbocycles. The molecule has 0 aromatic heterocycles. The lowest BCUT2D eigenvalue weighted by molar-refractivity contribution is 0.0847.